The van der Waals surface area contributed by atoms with Crippen LogP contribution in [0, 0.1) is 0 Å². The first-order valence-corrected chi connectivity index (χ1v) is 9.76. The quantitative estimate of drug-likeness (QED) is 0.862. The number of carbonyl (C=O) groups excluding carboxylic acids is 2. The number of anilines is 3. The standard InChI is InChI=1S/C22H25N3O2/c26-21-15-17(16-9-3-4-10-18(16)23-21)22(27)24-19-11-5-6-12-20(19)25-13-7-1-2-8-14-25/h3-6,9-12,17H,1-2,7-8,13-15H2,(H,23,26)(H,24,27). The second-order valence-electron chi connectivity index (χ2n) is 7.30. The van der Waals surface area contributed by atoms with E-state index in [1.54, 1.807) is 0 Å². The molecule has 0 saturated carbocycles. The van der Waals surface area contributed by atoms with Crippen LogP contribution in [0.3, 0.4) is 0 Å². The molecule has 1 atom stereocenters. The fourth-order valence-corrected chi connectivity index (χ4v) is 4.03. The first-order valence-electron chi connectivity index (χ1n) is 9.76. The van der Waals surface area contributed by atoms with Crippen LogP contribution in [0.2, 0.25) is 0 Å². The minimum absolute atomic E-state index is 0.116. The summed E-state index contributed by atoms with van der Waals surface area (Å²) in [5.41, 5.74) is 3.51. The Bertz CT molecular complexity index is 841. The number of hydrogen-bond donors (Lipinski definition) is 2. The molecule has 0 bridgehead atoms. The van der Waals surface area contributed by atoms with E-state index in [1.165, 1.54) is 25.7 Å². The smallest absolute Gasteiger partial charge is 0.232 e. The summed E-state index contributed by atoms with van der Waals surface area (Å²) in [7, 11) is 0. The van der Waals surface area contributed by atoms with Crippen LogP contribution in [-0.2, 0) is 9.59 Å². The lowest BCUT2D eigenvalue weighted by atomic mass is 9.89. The van der Waals surface area contributed by atoms with Crippen molar-refractivity contribution in [1.29, 1.82) is 0 Å². The fourth-order valence-electron chi connectivity index (χ4n) is 4.03. The Morgan fingerprint density at radius 2 is 1.67 bits per heavy atom. The van der Waals surface area contributed by atoms with Crippen molar-refractivity contribution >= 4 is 28.9 Å². The van der Waals surface area contributed by atoms with Crippen molar-refractivity contribution in [3.63, 3.8) is 0 Å². The molecule has 2 aliphatic heterocycles. The van der Waals surface area contributed by atoms with Gasteiger partial charge in [0.25, 0.3) is 0 Å². The number of nitrogens with zero attached hydrogens (tertiary/aromatic N) is 1. The highest BCUT2D eigenvalue weighted by atomic mass is 16.2. The Hall–Kier alpha value is -2.82. The summed E-state index contributed by atoms with van der Waals surface area (Å²) < 4.78 is 0. The Kier molecular flexibility index (Phi) is 5.10. The van der Waals surface area contributed by atoms with E-state index in [-0.39, 0.29) is 18.2 Å². The van der Waals surface area contributed by atoms with Gasteiger partial charge in [0.2, 0.25) is 11.8 Å². The molecule has 1 saturated heterocycles. The molecule has 27 heavy (non-hydrogen) atoms. The van der Waals surface area contributed by atoms with Crippen LogP contribution in [-0.4, -0.2) is 24.9 Å². The van der Waals surface area contributed by atoms with Crippen molar-refractivity contribution < 1.29 is 9.59 Å². The highest BCUT2D eigenvalue weighted by Crippen LogP contribution is 2.34. The summed E-state index contributed by atoms with van der Waals surface area (Å²) in [5.74, 6) is -0.707. The number of carbonyl (C=O) groups is 2. The molecule has 0 radical (unpaired) electrons. The minimum atomic E-state index is -0.466. The van der Waals surface area contributed by atoms with Crippen molar-refractivity contribution in [3.8, 4) is 0 Å². The lowest BCUT2D eigenvalue weighted by molar-refractivity contribution is -0.123. The average molecular weight is 363 g/mol. The monoisotopic (exact) mass is 363 g/mol. The van der Waals surface area contributed by atoms with Crippen molar-refractivity contribution in [1.82, 2.24) is 0 Å². The van der Waals surface area contributed by atoms with Gasteiger partial charge in [-0.25, -0.2) is 0 Å². The largest absolute Gasteiger partial charge is 0.370 e. The number of nitrogens with one attached hydrogen (secondary N) is 2. The van der Waals surface area contributed by atoms with Crippen molar-refractivity contribution in [2.75, 3.05) is 28.6 Å². The number of amides is 2. The van der Waals surface area contributed by atoms with Crippen LogP contribution < -0.4 is 15.5 Å². The van der Waals surface area contributed by atoms with Gasteiger partial charge in [0.05, 0.1) is 17.3 Å². The maximum absolute atomic E-state index is 13.1. The Morgan fingerprint density at radius 1 is 0.963 bits per heavy atom. The third-order valence-corrected chi connectivity index (χ3v) is 5.42. The molecule has 2 aromatic carbocycles. The molecule has 2 heterocycles. The molecule has 0 spiro atoms. The van der Waals surface area contributed by atoms with E-state index in [2.05, 4.69) is 21.6 Å². The van der Waals surface area contributed by atoms with Gasteiger partial charge in [0.1, 0.15) is 0 Å². The van der Waals surface area contributed by atoms with Gasteiger partial charge in [-0.15, -0.1) is 0 Å². The predicted octanol–water partition coefficient (Wildman–Crippen LogP) is 4.13. The highest BCUT2D eigenvalue weighted by molar-refractivity contribution is 6.06. The van der Waals surface area contributed by atoms with E-state index < -0.39 is 5.92 Å². The maximum Gasteiger partial charge on any atom is 0.232 e. The van der Waals surface area contributed by atoms with Crippen LogP contribution in [0.4, 0.5) is 17.1 Å². The van der Waals surface area contributed by atoms with E-state index in [0.717, 1.165) is 35.7 Å². The van der Waals surface area contributed by atoms with E-state index >= 15 is 0 Å². The zero-order valence-corrected chi connectivity index (χ0v) is 15.4. The molecule has 1 unspecified atom stereocenters. The summed E-state index contributed by atoms with van der Waals surface area (Å²) in [6.07, 6.45) is 5.06. The number of rotatable bonds is 3. The van der Waals surface area contributed by atoms with Crippen molar-refractivity contribution in [3.05, 3.63) is 54.1 Å². The van der Waals surface area contributed by atoms with Gasteiger partial charge in [0.15, 0.2) is 0 Å². The zero-order valence-electron chi connectivity index (χ0n) is 15.4. The van der Waals surface area contributed by atoms with Gasteiger partial charge in [-0.1, -0.05) is 43.2 Å². The molecule has 0 aliphatic carbocycles. The van der Waals surface area contributed by atoms with E-state index in [9.17, 15) is 9.59 Å². The molecular formula is C22H25N3O2. The lowest BCUT2D eigenvalue weighted by Crippen LogP contribution is -2.31. The molecule has 5 heteroatoms. The summed E-state index contributed by atoms with van der Waals surface area (Å²) in [5, 5.41) is 5.95. The second-order valence-corrected chi connectivity index (χ2v) is 7.30. The molecule has 140 valence electrons. The van der Waals surface area contributed by atoms with Crippen LogP contribution >= 0.6 is 0 Å². The van der Waals surface area contributed by atoms with E-state index in [1.807, 2.05) is 42.5 Å². The van der Waals surface area contributed by atoms with Gasteiger partial charge in [-0.2, -0.15) is 0 Å². The Balaban J connectivity index is 1.58. The molecule has 2 aliphatic rings. The van der Waals surface area contributed by atoms with Gasteiger partial charge >= 0.3 is 0 Å². The van der Waals surface area contributed by atoms with Gasteiger partial charge in [-0.3, -0.25) is 9.59 Å². The predicted molar refractivity (Wildman–Crippen MR) is 108 cm³/mol. The van der Waals surface area contributed by atoms with Gasteiger partial charge in [-0.05, 0) is 36.6 Å². The van der Waals surface area contributed by atoms with E-state index in [4.69, 9.17) is 0 Å². The average Bonchev–Trinajstić information content (AvgIpc) is 2.97. The van der Waals surface area contributed by atoms with Crippen LogP contribution in [0.1, 0.15) is 43.6 Å². The highest BCUT2D eigenvalue weighted by Gasteiger charge is 2.31. The third kappa shape index (κ3) is 3.82. The first kappa shape index (κ1) is 17.6. The number of fused-ring (bicyclic) bond motifs is 1. The zero-order chi connectivity index (χ0) is 18.6. The summed E-state index contributed by atoms with van der Waals surface area (Å²) in [4.78, 5) is 27.5. The van der Waals surface area contributed by atoms with Crippen LogP contribution in [0.25, 0.3) is 0 Å². The van der Waals surface area contributed by atoms with Gasteiger partial charge < -0.3 is 15.5 Å². The van der Waals surface area contributed by atoms with Crippen molar-refractivity contribution in [2.45, 2.75) is 38.0 Å². The second kappa shape index (κ2) is 7.82. The Labute approximate surface area is 159 Å². The lowest BCUT2D eigenvalue weighted by Gasteiger charge is -2.28. The summed E-state index contributed by atoms with van der Waals surface area (Å²) in [6, 6.07) is 15.5. The summed E-state index contributed by atoms with van der Waals surface area (Å²) in [6.45, 7) is 2.03. The van der Waals surface area contributed by atoms with Crippen molar-refractivity contribution in [2.24, 2.45) is 0 Å². The SMILES string of the molecule is O=C1CC(C(=O)Nc2ccccc2N2CCCCCC2)c2ccccc2N1. The molecule has 2 amide bonds. The molecule has 5 nitrogen and oxygen atoms in total. The normalized spacial score (nSPS) is 19.6. The molecule has 0 aromatic heterocycles. The molecular weight excluding hydrogens is 338 g/mol. The first-order chi connectivity index (χ1) is 13.2. The number of hydrogen-bond acceptors (Lipinski definition) is 3. The summed E-state index contributed by atoms with van der Waals surface area (Å²) >= 11 is 0. The topological polar surface area (TPSA) is 61.4 Å². The van der Waals surface area contributed by atoms with Crippen LogP contribution in [0.5, 0.6) is 0 Å². The molecule has 2 N–H and O–H groups in total. The maximum atomic E-state index is 13.1. The van der Waals surface area contributed by atoms with E-state index in [0.29, 0.717) is 0 Å². The molecule has 2 aromatic rings. The fraction of sp³-hybridized carbons (Fsp3) is 0.364. The number of para-hydroxylation sites is 3. The third-order valence-electron chi connectivity index (χ3n) is 5.42. The molecule has 4 rings (SSSR count). The van der Waals surface area contributed by atoms with Crippen LogP contribution in [0.15, 0.2) is 48.5 Å². The van der Waals surface area contributed by atoms with Gasteiger partial charge in [0, 0.05) is 25.2 Å². The molecule has 1 fully saturated rings. The minimum Gasteiger partial charge on any atom is -0.370 e. The number of benzene rings is 2. The Morgan fingerprint density at radius 3 is 2.48 bits per heavy atom.